The molecule has 3 N–H and O–H groups in total. The van der Waals surface area contributed by atoms with Crippen LogP contribution in [0.25, 0.3) is 33.6 Å². The van der Waals surface area contributed by atoms with Gasteiger partial charge in [0.1, 0.15) is 16.9 Å². The van der Waals surface area contributed by atoms with Crippen molar-refractivity contribution in [2.24, 2.45) is 30.5 Å². The second-order valence-electron chi connectivity index (χ2n) is 12.9. The lowest BCUT2D eigenvalue weighted by Gasteiger charge is -2.30. The van der Waals surface area contributed by atoms with Crippen molar-refractivity contribution >= 4 is 33.9 Å². The van der Waals surface area contributed by atoms with E-state index in [9.17, 15) is 9.59 Å². The fourth-order valence-corrected chi connectivity index (χ4v) is 6.82. The van der Waals surface area contributed by atoms with Crippen molar-refractivity contribution in [2.75, 3.05) is 33.4 Å². The molecule has 3 aromatic heterocycles. The molecule has 2 fully saturated rings. The molecular formula is C33H41N7O4. The van der Waals surface area contributed by atoms with Gasteiger partial charge >= 0.3 is 0 Å². The van der Waals surface area contributed by atoms with Crippen LogP contribution >= 0.6 is 0 Å². The van der Waals surface area contributed by atoms with Gasteiger partial charge in [0.05, 0.1) is 42.6 Å². The number of carbonyl (C=O) groups excluding carboxylic acids is 2. The molecule has 2 aliphatic heterocycles. The lowest BCUT2D eigenvalue weighted by atomic mass is 10.0. The molecule has 1 aromatic carbocycles. The molecule has 0 unspecified atom stereocenters. The molecule has 11 heteroatoms. The van der Waals surface area contributed by atoms with Crippen molar-refractivity contribution in [3.63, 3.8) is 0 Å². The topological polar surface area (TPSA) is 130 Å². The van der Waals surface area contributed by atoms with Gasteiger partial charge in [-0.2, -0.15) is 0 Å². The number of aromatic nitrogens is 4. The number of ether oxygens (including phenoxy) is 2. The number of nitrogens with zero attached hydrogens (tertiary/aromatic N) is 5. The predicted molar refractivity (Wildman–Crippen MR) is 167 cm³/mol. The van der Waals surface area contributed by atoms with Crippen molar-refractivity contribution in [1.29, 1.82) is 0 Å². The summed E-state index contributed by atoms with van der Waals surface area (Å²) in [6.45, 7) is 6.96. The minimum absolute atomic E-state index is 0.000830. The van der Waals surface area contributed by atoms with Crippen LogP contribution in [0.2, 0.25) is 0 Å². The van der Waals surface area contributed by atoms with Crippen molar-refractivity contribution < 1.29 is 19.1 Å². The molecule has 7 rings (SSSR count). The summed E-state index contributed by atoms with van der Waals surface area (Å²) < 4.78 is 16.1. The highest BCUT2D eigenvalue weighted by molar-refractivity contribution is 6.00. The molecule has 0 spiro atoms. The maximum Gasteiger partial charge on any atom is 0.254 e. The van der Waals surface area contributed by atoms with E-state index >= 15 is 0 Å². The maximum absolute atomic E-state index is 13.5. The summed E-state index contributed by atoms with van der Waals surface area (Å²) in [5, 5.41) is 4.11. The Balaban J connectivity index is 1.33. The van der Waals surface area contributed by atoms with E-state index in [1.807, 2.05) is 48.6 Å². The quantitative estimate of drug-likeness (QED) is 0.368. The highest BCUT2D eigenvalue weighted by atomic mass is 16.5. The van der Waals surface area contributed by atoms with Crippen molar-refractivity contribution in [3.8, 4) is 17.3 Å². The lowest BCUT2D eigenvalue weighted by molar-refractivity contribution is -0.127. The van der Waals surface area contributed by atoms with E-state index < -0.39 is 0 Å². The van der Waals surface area contributed by atoms with Gasteiger partial charge in [0.15, 0.2) is 5.82 Å². The number of nitrogens with one attached hydrogen (secondary N) is 1. The van der Waals surface area contributed by atoms with Gasteiger partial charge in [-0.15, -0.1) is 0 Å². The Bertz CT molecular complexity index is 1760. The Hall–Kier alpha value is -3.96. The first-order valence-electron chi connectivity index (χ1n) is 15.7. The van der Waals surface area contributed by atoms with Gasteiger partial charge in [0, 0.05) is 50.3 Å². The average Bonchev–Trinajstić information content (AvgIpc) is 3.54. The number of methoxy groups -OCH3 is 1. The molecule has 1 saturated carbocycles. The van der Waals surface area contributed by atoms with E-state index in [1.54, 1.807) is 7.11 Å². The van der Waals surface area contributed by atoms with Crippen molar-refractivity contribution in [1.82, 2.24) is 29.3 Å². The summed E-state index contributed by atoms with van der Waals surface area (Å²) in [5.41, 5.74) is 10.9. The molecule has 3 aliphatic rings. The van der Waals surface area contributed by atoms with E-state index in [1.165, 1.54) is 0 Å². The summed E-state index contributed by atoms with van der Waals surface area (Å²) in [6, 6.07) is 9.63. The van der Waals surface area contributed by atoms with Crippen molar-refractivity contribution in [3.05, 3.63) is 41.6 Å². The SMILES string of the molecule is COc1cc(C(=O)N2CCC[C@@H](N)C2)cc2nc(-c3cc4ccc5nc4n3C[C@H]3C[C@H]3COC[C@H](C)C(=O)N[C@@H]5C)n(C)c12. The lowest BCUT2D eigenvalue weighted by Crippen LogP contribution is -2.45. The number of fused-ring (bicyclic) bond motifs is 3. The van der Waals surface area contributed by atoms with Crippen LogP contribution in [0.3, 0.4) is 0 Å². The highest BCUT2D eigenvalue weighted by Gasteiger charge is 2.39. The summed E-state index contributed by atoms with van der Waals surface area (Å²) in [5.74, 6) is 1.95. The van der Waals surface area contributed by atoms with Gasteiger partial charge in [-0.25, -0.2) is 9.97 Å². The van der Waals surface area contributed by atoms with Gasteiger partial charge in [-0.1, -0.05) is 6.92 Å². The highest BCUT2D eigenvalue weighted by Crippen LogP contribution is 2.43. The van der Waals surface area contributed by atoms with E-state index in [-0.39, 0.29) is 29.8 Å². The smallest absolute Gasteiger partial charge is 0.254 e. The van der Waals surface area contributed by atoms with E-state index in [2.05, 4.69) is 22.0 Å². The third-order valence-corrected chi connectivity index (χ3v) is 9.58. The van der Waals surface area contributed by atoms with Gasteiger partial charge in [-0.05, 0) is 68.4 Å². The van der Waals surface area contributed by atoms with Crippen LogP contribution in [0.1, 0.15) is 55.2 Å². The van der Waals surface area contributed by atoms with Gasteiger partial charge in [0.2, 0.25) is 5.91 Å². The molecule has 2 amide bonds. The number of hydrogen-bond acceptors (Lipinski definition) is 7. The molecular weight excluding hydrogens is 558 g/mol. The molecule has 11 nitrogen and oxygen atoms in total. The fraction of sp³-hybridized carbons (Fsp3) is 0.515. The normalized spacial score (nSPS) is 26.0. The number of rotatable bonds is 3. The van der Waals surface area contributed by atoms with E-state index in [0.717, 1.165) is 59.6 Å². The second-order valence-corrected chi connectivity index (χ2v) is 12.9. The molecule has 44 heavy (non-hydrogen) atoms. The number of pyridine rings is 1. The molecule has 5 atom stereocenters. The Morgan fingerprint density at radius 3 is 2.75 bits per heavy atom. The zero-order valence-corrected chi connectivity index (χ0v) is 25.9. The number of imidazole rings is 1. The summed E-state index contributed by atoms with van der Waals surface area (Å²) in [6.07, 6.45) is 2.90. The van der Waals surface area contributed by atoms with Crippen LogP contribution in [-0.4, -0.2) is 75.3 Å². The van der Waals surface area contributed by atoms with Crippen molar-refractivity contribution in [2.45, 2.75) is 51.7 Å². The molecule has 5 heterocycles. The third-order valence-electron chi connectivity index (χ3n) is 9.58. The monoisotopic (exact) mass is 599 g/mol. The first-order valence-corrected chi connectivity index (χ1v) is 15.7. The molecule has 232 valence electrons. The van der Waals surface area contributed by atoms with E-state index in [4.69, 9.17) is 25.2 Å². The number of likely N-dealkylation sites (tertiary alicyclic amines) is 1. The minimum atomic E-state index is -0.247. The van der Waals surface area contributed by atoms with Gasteiger partial charge in [-0.3, -0.25) is 9.59 Å². The minimum Gasteiger partial charge on any atom is -0.494 e. The van der Waals surface area contributed by atoms with E-state index in [0.29, 0.717) is 55.0 Å². The van der Waals surface area contributed by atoms with Crippen LogP contribution in [-0.2, 0) is 23.1 Å². The Labute approximate surface area is 256 Å². The zero-order chi connectivity index (χ0) is 30.7. The number of amides is 2. The number of aryl methyl sites for hydroxylation is 1. The van der Waals surface area contributed by atoms with Crippen LogP contribution in [0.15, 0.2) is 30.3 Å². The Morgan fingerprint density at radius 1 is 1.11 bits per heavy atom. The largest absolute Gasteiger partial charge is 0.494 e. The summed E-state index contributed by atoms with van der Waals surface area (Å²) >= 11 is 0. The summed E-state index contributed by atoms with van der Waals surface area (Å²) in [7, 11) is 3.61. The van der Waals surface area contributed by atoms with Crippen LogP contribution in [0.5, 0.6) is 5.75 Å². The van der Waals surface area contributed by atoms with Gasteiger partial charge in [0.25, 0.3) is 5.91 Å². The Kier molecular flexibility index (Phi) is 7.32. The first kappa shape index (κ1) is 28.8. The zero-order valence-electron chi connectivity index (χ0n) is 25.9. The van der Waals surface area contributed by atoms with Crippen LogP contribution in [0.4, 0.5) is 0 Å². The molecule has 0 radical (unpaired) electrons. The van der Waals surface area contributed by atoms with Crippen LogP contribution < -0.4 is 15.8 Å². The van der Waals surface area contributed by atoms with Gasteiger partial charge < -0.3 is 34.6 Å². The second kappa shape index (κ2) is 11.2. The number of benzene rings is 1. The molecule has 1 saturated heterocycles. The first-order chi connectivity index (χ1) is 21.2. The average molecular weight is 600 g/mol. The standard InChI is InChI=1S/C33H41N7O4/c1-18-16-44-17-23-10-22(23)14-40-27(12-20-7-8-25(36-30(20)40)19(2)35-32(18)41)31-37-26-11-21(13-28(43-4)29(26)38(31)3)33(42)39-9-5-6-24(34)15-39/h7-8,11-13,18-19,22-24H,5-6,9-10,14-17,34H2,1-4H3,(H,35,41)/t18-,19+,22+,23-,24+/m0/s1. The number of carbonyl (C=O) groups is 2. The Morgan fingerprint density at radius 2 is 1.95 bits per heavy atom. The molecule has 4 aromatic rings. The molecule has 1 aliphatic carbocycles. The number of nitrogens with two attached hydrogens (primary N) is 1. The fourth-order valence-electron chi connectivity index (χ4n) is 6.82. The maximum atomic E-state index is 13.5. The third kappa shape index (κ3) is 5.11. The number of hydrogen-bond donors (Lipinski definition) is 2. The molecule has 2 bridgehead atoms. The number of piperidine rings is 1. The van der Waals surface area contributed by atoms with Crippen LogP contribution in [0, 0.1) is 17.8 Å². The predicted octanol–water partition coefficient (Wildman–Crippen LogP) is 3.64. The summed E-state index contributed by atoms with van der Waals surface area (Å²) in [4.78, 5) is 38.4.